The lowest BCUT2D eigenvalue weighted by Gasteiger charge is -2.35. The van der Waals surface area contributed by atoms with Crippen LogP contribution in [-0.2, 0) is 0 Å². The van der Waals surface area contributed by atoms with Crippen LogP contribution in [-0.4, -0.2) is 72.5 Å². The van der Waals surface area contributed by atoms with E-state index >= 15 is 0 Å². The topological polar surface area (TPSA) is 26.3 Å². The highest BCUT2D eigenvalue weighted by atomic mass is 79.9. The van der Waals surface area contributed by atoms with Gasteiger partial charge in [0.25, 0.3) is 0 Å². The molecule has 2 rings (SSSR count). The second-order valence-electron chi connectivity index (χ2n) is 5.01. The van der Waals surface area contributed by atoms with Crippen molar-refractivity contribution in [3.8, 4) is 0 Å². The predicted molar refractivity (Wildman–Crippen MR) is 76.7 cm³/mol. The Balaban J connectivity index is 0.00000162. The third-order valence-electron chi connectivity index (χ3n) is 3.40. The highest BCUT2D eigenvalue weighted by Crippen LogP contribution is 2.33. The summed E-state index contributed by atoms with van der Waals surface area (Å²) in [5.74, 6) is 0. The second-order valence-corrected chi connectivity index (χ2v) is 7.51. The second kappa shape index (κ2) is 8.34. The van der Waals surface area contributed by atoms with Crippen LogP contribution >= 0.6 is 21.6 Å². The molecule has 0 spiro atoms. The number of rotatable bonds is 4. The number of nitrogens with zero attached hydrogens (tertiary/aromatic N) is 3. The molecule has 0 radical (unpaired) electrons. The molecule has 4 nitrogen and oxygen atoms in total. The van der Waals surface area contributed by atoms with Gasteiger partial charge in [0.2, 0.25) is 11.0 Å². The number of nitrogens with two attached hydrogens (primary N) is 1. The number of quaternary nitrogens is 1. The van der Waals surface area contributed by atoms with E-state index in [-0.39, 0.29) is 17.0 Å². The van der Waals surface area contributed by atoms with Crippen molar-refractivity contribution >= 4 is 21.6 Å². The van der Waals surface area contributed by atoms with E-state index in [1.807, 2.05) is 21.6 Å². The minimum Gasteiger partial charge on any atom is -1.00 e. The zero-order valence-corrected chi connectivity index (χ0v) is 14.7. The Labute approximate surface area is 129 Å². The summed E-state index contributed by atoms with van der Waals surface area (Å²) in [6, 6.07) is 0. The first-order valence-corrected chi connectivity index (χ1v) is 8.78. The largest absolute Gasteiger partial charge is 1.00 e. The van der Waals surface area contributed by atoms with E-state index < -0.39 is 0 Å². The van der Waals surface area contributed by atoms with Crippen LogP contribution in [0.25, 0.3) is 0 Å². The first-order valence-electron chi connectivity index (χ1n) is 6.50. The van der Waals surface area contributed by atoms with E-state index in [4.69, 9.17) is 0 Å². The van der Waals surface area contributed by atoms with E-state index in [1.165, 1.54) is 39.1 Å². The van der Waals surface area contributed by atoms with Crippen molar-refractivity contribution < 1.29 is 22.3 Å². The lowest BCUT2D eigenvalue weighted by molar-refractivity contribution is -0.710. The number of hydrogen-bond donors (Lipinski definition) is 1. The van der Waals surface area contributed by atoms with Gasteiger partial charge in [-0.05, 0) is 48.6 Å². The van der Waals surface area contributed by atoms with Crippen LogP contribution in [0.1, 0.15) is 13.3 Å². The molecule has 7 heteroatoms. The number of hydrogen-bond acceptors (Lipinski definition) is 5. The first kappa shape index (κ1) is 17.1. The van der Waals surface area contributed by atoms with Crippen molar-refractivity contribution in [3.05, 3.63) is 0 Å². The van der Waals surface area contributed by atoms with Gasteiger partial charge in [-0.1, -0.05) is 6.92 Å². The lowest BCUT2D eigenvalue weighted by atomic mass is 10.3. The molecular weight excluding hydrogens is 332 g/mol. The molecule has 0 aliphatic carbocycles. The first-order chi connectivity index (χ1) is 8.20. The average Bonchev–Trinajstić information content (AvgIpc) is 2.80. The van der Waals surface area contributed by atoms with Crippen molar-refractivity contribution in [3.63, 3.8) is 0 Å². The minimum absolute atomic E-state index is 0. The fourth-order valence-corrected chi connectivity index (χ4v) is 5.52. The van der Waals surface area contributed by atoms with E-state index in [9.17, 15) is 0 Å². The third kappa shape index (κ3) is 4.54. The van der Waals surface area contributed by atoms with Crippen LogP contribution in [0.4, 0.5) is 0 Å². The van der Waals surface area contributed by atoms with Crippen LogP contribution in [0.15, 0.2) is 0 Å². The van der Waals surface area contributed by atoms with E-state index in [2.05, 4.69) is 41.0 Å². The smallest absolute Gasteiger partial charge is 0.202 e. The summed E-state index contributed by atoms with van der Waals surface area (Å²) in [5, 5.41) is 2.49. The minimum atomic E-state index is 0. The summed E-state index contributed by atoms with van der Waals surface area (Å²) < 4.78 is 0. The molecule has 2 unspecified atom stereocenters. The van der Waals surface area contributed by atoms with Crippen molar-refractivity contribution in [2.24, 2.45) is 0 Å². The summed E-state index contributed by atoms with van der Waals surface area (Å²) >= 11 is 0. The molecule has 0 amide bonds. The van der Waals surface area contributed by atoms with Crippen molar-refractivity contribution in [1.82, 2.24) is 14.7 Å². The van der Waals surface area contributed by atoms with Gasteiger partial charge in [-0.25, -0.2) is 4.90 Å². The fourth-order valence-electron chi connectivity index (χ4n) is 2.32. The zero-order chi connectivity index (χ0) is 12.3. The quantitative estimate of drug-likeness (QED) is 0.545. The van der Waals surface area contributed by atoms with Crippen LogP contribution in [0, 0.1) is 0 Å². The Hall–Kier alpha value is 1.02. The molecule has 0 bridgehead atoms. The maximum atomic E-state index is 2.63. The standard InChI is InChI=1S/C11H24N4S2.BrH/c1-4-5-14-6-8-15(9-7-14)11-12-10(13(2)3)16-17-11;/h10-12H,4-9H2,1-3H3;1H. The molecule has 2 N–H and O–H groups in total. The maximum absolute atomic E-state index is 2.63. The van der Waals surface area contributed by atoms with Crippen molar-refractivity contribution in [1.29, 1.82) is 0 Å². The Morgan fingerprint density at radius 2 is 1.83 bits per heavy atom. The van der Waals surface area contributed by atoms with Crippen LogP contribution < -0.4 is 22.3 Å². The molecule has 2 atom stereocenters. The number of piperazine rings is 1. The van der Waals surface area contributed by atoms with Crippen LogP contribution in [0.5, 0.6) is 0 Å². The van der Waals surface area contributed by atoms with Crippen LogP contribution in [0.2, 0.25) is 0 Å². The molecule has 2 heterocycles. The molecule has 0 aromatic heterocycles. The van der Waals surface area contributed by atoms with Gasteiger partial charge >= 0.3 is 0 Å². The average molecular weight is 357 g/mol. The normalized spacial score (nSPS) is 30.7. The molecule has 2 fully saturated rings. The van der Waals surface area contributed by atoms with Gasteiger partial charge in [-0.2, -0.15) is 0 Å². The zero-order valence-electron chi connectivity index (χ0n) is 11.5. The summed E-state index contributed by atoms with van der Waals surface area (Å²) in [7, 11) is 8.35. The molecule has 108 valence electrons. The Morgan fingerprint density at radius 1 is 1.17 bits per heavy atom. The van der Waals surface area contributed by atoms with Gasteiger partial charge in [0, 0.05) is 26.2 Å². The SMILES string of the molecule is CCCN1CCN(C2[NH2+]C(N(C)C)SS2)CC1.[Br-]. The molecular formula is C11H25BrN4S2. The third-order valence-corrected chi connectivity index (χ3v) is 6.45. The molecule has 2 saturated heterocycles. The van der Waals surface area contributed by atoms with Crippen molar-refractivity contribution in [2.75, 3.05) is 46.8 Å². The molecule has 0 aromatic carbocycles. The van der Waals surface area contributed by atoms with Gasteiger partial charge in [-0.15, -0.1) is 0 Å². The molecule has 2 aliphatic rings. The molecule has 18 heavy (non-hydrogen) atoms. The fraction of sp³-hybridized carbons (Fsp3) is 1.00. The summed E-state index contributed by atoms with van der Waals surface area (Å²) in [4.78, 5) is 7.52. The Kier molecular flexibility index (Phi) is 7.91. The van der Waals surface area contributed by atoms with E-state index in [1.54, 1.807) is 0 Å². The van der Waals surface area contributed by atoms with E-state index in [0.717, 1.165) is 0 Å². The molecule has 2 aliphatic heterocycles. The highest BCUT2D eigenvalue weighted by molar-refractivity contribution is 8.77. The predicted octanol–water partition coefficient (Wildman–Crippen LogP) is -2.89. The lowest BCUT2D eigenvalue weighted by Crippen LogP contribution is -3.00. The molecule has 0 saturated carbocycles. The van der Waals surface area contributed by atoms with Gasteiger partial charge in [0.15, 0.2) is 0 Å². The summed E-state index contributed by atoms with van der Waals surface area (Å²) in [6.07, 6.45) is 1.28. The maximum Gasteiger partial charge on any atom is 0.202 e. The van der Waals surface area contributed by atoms with Gasteiger partial charge in [0.1, 0.15) is 0 Å². The Morgan fingerprint density at radius 3 is 2.33 bits per heavy atom. The van der Waals surface area contributed by atoms with Gasteiger partial charge in [-0.3, -0.25) is 10.2 Å². The van der Waals surface area contributed by atoms with E-state index in [0.29, 0.717) is 11.0 Å². The van der Waals surface area contributed by atoms with Gasteiger partial charge < -0.3 is 21.9 Å². The Bertz CT molecular complexity index is 237. The monoisotopic (exact) mass is 356 g/mol. The summed E-state index contributed by atoms with van der Waals surface area (Å²) in [5.41, 5.74) is 1.20. The summed E-state index contributed by atoms with van der Waals surface area (Å²) in [6.45, 7) is 8.49. The van der Waals surface area contributed by atoms with Crippen LogP contribution in [0.3, 0.4) is 0 Å². The highest BCUT2D eigenvalue weighted by Gasteiger charge is 2.36. The molecule has 0 aromatic rings. The van der Waals surface area contributed by atoms with Crippen molar-refractivity contribution in [2.45, 2.75) is 24.3 Å². The van der Waals surface area contributed by atoms with Gasteiger partial charge in [0.05, 0.1) is 0 Å². The number of halogens is 1.